The molecule has 1 N–H and O–H groups in total. The Morgan fingerprint density at radius 3 is 2.64 bits per heavy atom. The van der Waals surface area contributed by atoms with Crippen LogP contribution in [0, 0.1) is 12.7 Å². The van der Waals surface area contributed by atoms with Crippen molar-refractivity contribution < 1.29 is 33.3 Å². The number of amides is 1. The first kappa shape index (κ1) is 24.7. The van der Waals surface area contributed by atoms with Crippen LogP contribution in [0.25, 0.3) is 11.1 Å². The second-order valence-electron chi connectivity index (χ2n) is 9.03. The lowest BCUT2D eigenvalue weighted by Gasteiger charge is -2.38. The molecule has 1 heterocycles. The van der Waals surface area contributed by atoms with Gasteiger partial charge in [-0.1, -0.05) is 42.0 Å². The summed E-state index contributed by atoms with van der Waals surface area (Å²) in [6, 6.07) is 12.0. The van der Waals surface area contributed by atoms with E-state index in [-0.39, 0.29) is 13.2 Å². The maximum atomic E-state index is 15.1. The van der Waals surface area contributed by atoms with E-state index in [2.05, 4.69) is 0 Å². The third kappa shape index (κ3) is 6.52. The number of ether oxygens (including phenoxy) is 3. The van der Waals surface area contributed by atoms with Gasteiger partial charge in [0, 0.05) is 12.1 Å². The number of hydrogen-bond donors (Lipinski definition) is 1. The number of hydrogen-bond acceptors (Lipinski definition) is 5. The van der Waals surface area contributed by atoms with E-state index in [4.69, 9.17) is 14.2 Å². The van der Waals surface area contributed by atoms with Gasteiger partial charge in [0.05, 0.1) is 13.2 Å². The second kappa shape index (κ2) is 10.3. The van der Waals surface area contributed by atoms with E-state index in [0.717, 1.165) is 5.56 Å². The molecule has 0 aliphatic carbocycles. The zero-order valence-electron chi connectivity index (χ0n) is 19.3. The summed E-state index contributed by atoms with van der Waals surface area (Å²) < 4.78 is 32.2. The van der Waals surface area contributed by atoms with Crippen molar-refractivity contribution in [3.63, 3.8) is 0 Å². The third-order valence-electron chi connectivity index (χ3n) is 5.13. The Labute approximate surface area is 193 Å². The van der Waals surface area contributed by atoms with Gasteiger partial charge in [0.2, 0.25) is 0 Å². The molecule has 2 unspecified atom stereocenters. The van der Waals surface area contributed by atoms with Crippen LogP contribution < -0.4 is 0 Å². The maximum absolute atomic E-state index is 15.1. The Bertz CT molecular complexity index is 1000. The molecule has 2 atom stereocenters. The molecule has 0 radical (unpaired) electrons. The van der Waals surface area contributed by atoms with Crippen LogP contribution in [0.3, 0.4) is 0 Å². The molecular formula is C25H30FNO6. The minimum atomic E-state index is -1.16. The van der Waals surface area contributed by atoms with Gasteiger partial charge in [-0.25, -0.2) is 14.0 Å². The van der Waals surface area contributed by atoms with E-state index in [1.54, 1.807) is 39.0 Å². The first-order chi connectivity index (χ1) is 15.5. The Morgan fingerprint density at radius 1 is 1.24 bits per heavy atom. The number of halogens is 1. The first-order valence-electron chi connectivity index (χ1n) is 10.8. The summed E-state index contributed by atoms with van der Waals surface area (Å²) in [4.78, 5) is 25.4. The minimum Gasteiger partial charge on any atom is -0.480 e. The molecule has 0 aromatic heterocycles. The number of benzene rings is 2. The Hall–Kier alpha value is -2.97. The standard InChI is InChI=1S/C25H30FNO6/c1-16-7-5-8-17(13-16)22-18(9-6-10-19(22)26)23(32-15-21(28)29)20-14-27(11-12-31-20)24(30)33-25(2,3)4/h5-10,13,20,23H,11-12,14-15H2,1-4H3,(H,28,29). The van der Waals surface area contributed by atoms with Crippen LogP contribution in [0.5, 0.6) is 0 Å². The second-order valence-corrected chi connectivity index (χ2v) is 9.03. The van der Waals surface area contributed by atoms with Crippen LogP contribution in [0.4, 0.5) is 9.18 Å². The van der Waals surface area contributed by atoms with E-state index < -0.39 is 42.3 Å². The first-order valence-corrected chi connectivity index (χ1v) is 10.8. The molecule has 178 valence electrons. The molecule has 1 fully saturated rings. The van der Waals surface area contributed by atoms with Crippen molar-refractivity contribution in [2.45, 2.75) is 45.5 Å². The minimum absolute atomic E-state index is 0.114. The normalized spacial score (nSPS) is 17.5. The van der Waals surface area contributed by atoms with Crippen LogP contribution in [-0.4, -0.2) is 60.1 Å². The Kier molecular flexibility index (Phi) is 7.71. The molecule has 1 aliphatic heterocycles. The number of aliphatic carboxylic acids is 1. The van der Waals surface area contributed by atoms with Crippen molar-refractivity contribution >= 4 is 12.1 Å². The van der Waals surface area contributed by atoms with Crippen LogP contribution in [0.1, 0.15) is 38.0 Å². The van der Waals surface area contributed by atoms with Gasteiger partial charge in [-0.15, -0.1) is 0 Å². The number of nitrogens with zero attached hydrogens (tertiary/aromatic N) is 1. The molecule has 1 aliphatic rings. The highest BCUT2D eigenvalue weighted by molar-refractivity contribution is 5.71. The van der Waals surface area contributed by atoms with Gasteiger partial charge in [-0.2, -0.15) is 0 Å². The summed E-state index contributed by atoms with van der Waals surface area (Å²) in [6.07, 6.45) is -2.13. The summed E-state index contributed by atoms with van der Waals surface area (Å²) in [7, 11) is 0. The summed E-state index contributed by atoms with van der Waals surface area (Å²) in [6.45, 7) is 7.30. The largest absolute Gasteiger partial charge is 0.480 e. The third-order valence-corrected chi connectivity index (χ3v) is 5.13. The summed E-state index contributed by atoms with van der Waals surface area (Å²) in [5, 5.41) is 9.23. The van der Waals surface area contributed by atoms with Gasteiger partial charge < -0.3 is 24.2 Å². The van der Waals surface area contributed by atoms with Crippen molar-refractivity contribution in [2.24, 2.45) is 0 Å². The van der Waals surface area contributed by atoms with Crippen molar-refractivity contribution in [3.05, 3.63) is 59.4 Å². The molecule has 2 aromatic carbocycles. The Balaban J connectivity index is 1.98. The topological polar surface area (TPSA) is 85.3 Å². The van der Waals surface area contributed by atoms with Crippen LogP contribution >= 0.6 is 0 Å². The van der Waals surface area contributed by atoms with E-state index in [1.807, 2.05) is 25.1 Å². The molecule has 33 heavy (non-hydrogen) atoms. The quantitative estimate of drug-likeness (QED) is 0.681. The average Bonchev–Trinajstić information content (AvgIpc) is 2.73. The molecule has 1 amide bonds. The molecule has 2 aromatic rings. The summed E-state index contributed by atoms with van der Waals surface area (Å²) >= 11 is 0. The number of carbonyl (C=O) groups excluding carboxylic acids is 1. The fourth-order valence-corrected chi connectivity index (χ4v) is 3.79. The summed E-state index contributed by atoms with van der Waals surface area (Å²) in [5.41, 5.74) is 1.71. The van der Waals surface area contributed by atoms with Gasteiger partial charge in [-0.05, 0) is 44.9 Å². The van der Waals surface area contributed by atoms with E-state index in [1.165, 1.54) is 11.0 Å². The smallest absolute Gasteiger partial charge is 0.410 e. The lowest BCUT2D eigenvalue weighted by Crippen LogP contribution is -2.49. The number of aryl methyl sites for hydroxylation is 1. The van der Waals surface area contributed by atoms with Crippen molar-refractivity contribution in [1.29, 1.82) is 0 Å². The zero-order valence-corrected chi connectivity index (χ0v) is 19.3. The maximum Gasteiger partial charge on any atom is 0.410 e. The number of rotatable bonds is 6. The fourth-order valence-electron chi connectivity index (χ4n) is 3.79. The molecule has 0 saturated carbocycles. The van der Waals surface area contributed by atoms with Crippen LogP contribution in [0.15, 0.2) is 42.5 Å². The number of carboxylic acid groups (broad SMARTS) is 1. The van der Waals surface area contributed by atoms with E-state index in [0.29, 0.717) is 23.2 Å². The summed E-state index contributed by atoms with van der Waals surface area (Å²) in [5.74, 6) is -1.62. The highest BCUT2D eigenvalue weighted by atomic mass is 19.1. The van der Waals surface area contributed by atoms with E-state index in [9.17, 15) is 14.7 Å². The molecule has 8 heteroatoms. The molecule has 0 bridgehead atoms. The predicted molar refractivity (Wildman–Crippen MR) is 120 cm³/mol. The van der Waals surface area contributed by atoms with Gasteiger partial charge in [0.1, 0.15) is 30.2 Å². The van der Waals surface area contributed by atoms with Gasteiger partial charge in [0.25, 0.3) is 0 Å². The van der Waals surface area contributed by atoms with E-state index >= 15 is 4.39 Å². The number of carbonyl (C=O) groups is 2. The average molecular weight is 460 g/mol. The lowest BCUT2D eigenvalue weighted by atomic mass is 9.92. The van der Waals surface area contributed by atoms with Crippen molar-refractivity contribution in [2.75, 3.05) is 26.3 Å². The van der Waals surface area contributed by atoms with Gasteiger partial charge in [-0.3, -0.25) is 0 Å². The molecule has 3 rings (SSSR count). The molecular weight excluding hydrogens is 429 g/mol. The monoisotopic (exact) mass is 459 g/mol. The Morgan fingerprint density at radius 2 is 1.97 bits per heavy atom. The zero-order chi connectivity index (χ0) is 24.2. The van der Waals surface area contributed by atoms with Gasteiger partial charge in [0.15, 0.2) is 0 Å². The highest BCUT2D eigenvalue weighted by Gasteiger charge is 2.36. The lowest BCUT2D eigenvalue weighted by molar-refractivity contribution is -0.153. The number of carboxylic acids is 1. The van der Waals surface area contributed by atoms with Crippen LogP contribution in [-0.2, 0) is 19.0 Å². The number of morpholine rings is 1. The van der Waals surface area contributed by atoms with Gasteiger partial charge >= 0.3 is 12.1 Å². The molecule has 0 spiro atoms. The highest BCUT2D eigenvalue weighted by Crippen LogP contribution is 2.36. The molecule has 1 saturated heterocycles. The van der Waals surface area contributed by atoms with Crippen LogP contribution in [0.2, 0.25) is 0 Å². The SMILES string of the molecule is Cc1cccc(-c2c(F)cccc2C(OCC(=O)O)C2CN(C(=O)OC(C)(C)C)CCO2)c1. The fraction of sp³-hybridized carbons (Fsp3) is 0.440. The van der Waals surface area contributed by atoms with Crippen molar-refractivity contribution in [1.82, 2.24) is 4.90 Å². The van der Waals surface area contributed by atoms with Crippen molar-refractivity contribution in [3.8, 4) is 11.1 Å². The predicted octanol–water partition coefficient (Wildman–Crippen LogP) is 4.58. The molecule has 7 nitrogen and oxygen atoms in total.